The number of rotatable bonds is 5. The van der Waals surface area contributed by atoms with Gasteiger partial charge in [-0.2, -0.15) is 0 Å². The maximum atomic E-state index is 14.0. The lowest BCUT2D eigenvalue weighted by Gasteiger charge is -2.67. The Morgan fingerprint density at radius 3 is 2.27 bits per heavy atom. The van der Waals surface area contributed by atoms with Crippen molar-refractivity contribution in [3.05, 3.63) is 12.2 Å². The number of aliphatic hydroxyl groups is 1. The zero-order valence-electron chi connectivity index (χ0n) is 23.1. The van der Waals surface area contributed by atoms with E-state index in [0.29, 0.717) is 12.0 Å². The number of fused-ring (bicyclic) bond motifs is 3. The van der Waals surface area contributed by atoms with Gasteiger partial charge in [-0.3, -0.25) is 19.2 Å². The topological polar surface area (TPSA) is 133 Å². The lowest BCUT2D eigenvalue weighted by atomic mass is 9.35. The molecule has 8 atom stereocenters. The first kappa shape index (κ1) is 29.0. The molecule has 1 N–H and O–H groups in total. The summed E-state index contributed by atoms with van der Waals surface area (Å²) in [5.41, 5.74) is -4.48. The van der Waals surface area contributed by atoms with Crippen molar-refractivity contribution in [2.75, 3.05) is 13.7 Å². The molecular weight excluding hydrogens is 480 g/mol. The molecule has 3 aliphatic rings. The smallest absolute Gasteiger partial charge is 0.346 e. The lowest BCUT2D eigenvalue weighted by Crippen LogP contribution is -2.72. The number of ketones is 2. The Morgan fingerprint density at radius 2 is 1.73 bits per heavy atom. The van der Waals surface area contributed by atoms with Gasteiger partial charge in [-0.1, -0.05) is 39.8 Å². The number of carbonyl (C=O) groups is 5. The molecule has 9 nitrogen and oxygen atoms in total. The Kier molecular flexibility index (Phi) is 7.31. The van der Waals surface area contributed by atoms with Crippen LogP contribution in [0.3, 0.4) is 0 Å². The fraction of sp³-hybridized carbons (Fsp3) is 0.750. The molecule has 3 rings (SSSR count). The summed E-state index contributed by atoms with van der Waals surface area (Å²) in [6.45, 7) is 15.7. The molecule has 0 heterocycles. The summed E-state index contributed by atoms with van der Waals surface area (Å²) in [7, 11) is 1.16. The zero-order valence-corrected chi connectivity index (χ0v) is 23.1. The van der Waals surface area contributed by atoms with Crippen LogP contribution in [-0.4, -0.2) is 60.5 Å². The molecule has 0 radical (unpaired) electrons. The first-order chi connectivity index (χ1) is 17.0. The molecular formula is C28H40O9. The molecule has 0 aromatic heterocycles. The predicted molar refractivity (Wildman–Crippen MR) is 132 cm³/mol. The van der Waals surface area contributed by atoms with Crippen molar-refractivity contribution in [2.24, 2.45) is 39.4 Å². The van der Waals surface area contributed by atoms with Crippen LogP contribution in [0.25, 0.3) is 0 Å². The Morgan fingerprint density at radius 1 is 1.14 bits per heavy atom. The van der Waals surface area contributed by atoms with Gasteiger partial charge in [0.2, 0.25) is 0 Å². The monoisotopic (exact) mass is 520 g/mol. The maximum Gasteiger partial charge on any atom is 0.346 e. The van der Waals surface area contributed by atoms with Crippen LogP contribution in [0.15, 0.2) is 12.2 Å². The van der Waals surface area contributed by atoms with E-state index in [1.54, 1.807) is 27.7 Å². The first-order valence-electron chi connectivity index (χ1n) is 12.9. The second kappa shape index (κ2) is 9.33. The standard InChI is InChI=1S/C28H40O9/c1-10-36-24(34)27(7)14(2)13-16-26(6)12-11-17(29)25(4,5)19(26)18(30)21(31)28(16,8)20(27)23(33)37-15(3)22(32)35-9/h15-16,19-21,31H,2,10-13H2,1,3-9H3. The number of carbonyl (C=O) groups excluding carboxylic acids is 5. The normalized spacial score (nSPS) is 39.6. The van der Waals surface area contributed by atoms with Gasteiger partial charge in [-0.25, -0.2) is 4.79 Å². The van der Waals surface area contributed by atoms with Gasteiger partial charge in [0.1, 0.15) is 11.9 Å². The van der Waals surface area contributed by atoms with Crippen LogP contribution in [0.1, 0.15) is 67.7 Å². The van der Waals surface area contributed by atoms with Gasteiger partial charge in [-0.15, -0.1) is 0 Å². The van der Waals surface area contributed by atoms with Gasteiger partial charge in [0.25, 0.3) is 0 Å². The summed E-state index contributed by atoms with van der Waals surface area (Å²) in [4.78, 5) is 66.2. The number of aliphatic hydroxyl groups excluding tert-OH is 1. The summed E-state index contributed by atoms with van der Waals surface area (Å²) in [5.74, 6) is -5.69. The van der Waals surface area contributed by atoms with Crippen molar-refractivity contribution in [1.82, 2.24) is 0 Å². The second-order valence-electron chi connectivity index (χ2n) is 12.1. The fourth-order valence-electron chi connectivity index (χ4n) is 7.84. The largest absolute Gasteiger partial charge is 0.466 e. The van der Waals surface area contributed by atoms with Crippen molar-refractivity contribution in [2.45, 2.75) is 79.9 Å². The zero-order chi connectivity index (χ0) is 28.3. The minimum Gasteiger partial charge on any atom is -0.466 e. The van der Waals surface area contributed by atoms with E-state index in [4.69, 9.17) is 9.47 Å². The average molecular weight is 521 g/mol. The molecule has 0 aromatic rings. The van der Waals surface area contributed by atoms with Crippen LogP contribution < -0.4 is 0 Å². The summed E-state index contributed by atoms with van der Waals surface area (Å²) in [6, 6.07) is 0. The van der Waals surface area contributed by atoms with Crippen LogP contribution in [0.4, 0.5) is 0 Å². The third-order valence-electron chi connectivity index (χ3n) is 9.83. The quantitative estimate of drug-likeness (QED) is 0.330. The number of esters is 3. The number of ether oxygens (including phenoxy) is 3. The number of Topliss-reactive ketones (excluding diaryl/α,β-unsaturated/α-hetero) is 2. The highest BCUT2D eigenvalue weighted by molar-refractivity contribution is 5.98. The highest BCUT2D eigenvalue weighted by Gasteiger charge is 2.75. The SMILES string of the molecule is C=C1CC2C3(C)CCC(=O)C(C)(C)C3C(=O)C(O)C2(C)C(C(=O)OC(C)C(=O)OC)C1(C)C(=O)OCC. The molecule has 3 aliphatic carbocycles. The molecule has 0 aliphatic heterocycles. The van der Waals surface area contributed by atoms with Gasteiger partial charge >= 0.3 is 17.9 Å². The molecule has 206 valence electrons. The minimum absolute atomic E-state index is 0.0414. The van der Waals surface area contributed by atoms with E-state index in [9.17, 15) is 29.1 Å². The Hall–Kier alpha value is -2.55. The lowest BCUT2D eigenvalue weighted by molar-refractivity contribution is -0.226. The van der Waals surface area contributed by atoms with Crippen molar-refractivity contribution < 1.29 is 43.3 Å². The van der Waals surface area contributed by atoms with Crippen molar-refractivity contribution in [3.8, 4) is 0 Å². The van der Waals surface area contributed by atoms with Gasteiger partial charge < -0.3 is 19.3 Å². The molecule has 37 heavy (non-hydrogen) atoms. The summed E-state index contributed by atoms with van der Waals surface area (Å²) >= 11 is 0. The van der Waals surface area contributed by atoms with Crippen LogP contribution in [0.5, 0.6) is 0 Å². The molecule has 0 spiro atoms. The summed E-state index contributed by atoms with van der Waals surface area (Å²) < 4.78 is 15.6. The molecule has 0 aromatic carbocycles. The third kappa shape index (κ3) is 3.87. The second-order valence-corrected chi connectivity index (χ2v) is 12.1. The summed E-state index contributed by atoms with van der Waals surface area (Å²) in [6.07, 6.45) is -2.07. The van der Waals surface area contributed by atoms with Crippen LogP contribution in [0, 0.1) is 39.4 Å². The van der Waals surface area contributed by atoms with Gasteiger partial charge in [0.15, 0.2) is 11.9 Å². The minimum atomic E-state index is -1.67. The third-order valence-corrected chi connectivity index (χ3v) is 9.83. The van der Waals surface area contributed by atoms with E-state index in [1.807, 2.05) is 6.92 Å². The number of hydrogen-bond acceptors (Lipinski definition) is 9. The molecule has 0 amide bonds. The highest BCUT2D eigenvalue weighted by atomic mass is 16.6. The van der Waals surface area contributed by atoms with E-state index in [0.717, 1.165) is 7.11 Å². The Labute approximate surface area is 218 Å². The molecule has 3 fully saturated rings. The molecule has 0 bridgehead atoms. The van der Waals surface area contributed by atoms with E-state index in [-0.39, 0.29) is 25.2 Å². The molecule has 0 saturated heterocycles. The van der Waals surface area contributed by atoms with E-state index in [1.165, 1.54) is 13.8 Å². The van der Waals surface area contributed by atoms with Crippen molar-refractivity contribution in [1.29, 1.82) is 0 Å². The maximum absolute atomic E-state index is 14.0. The van der Waals surface area contributed by atoms with E-state index in [2.05, 4.69) is 11.3 Å². The van der Waals surface area contributed by atoms with Crippen LogP contribution in [0.2, 0.25) is 0 Å². The Balaban J connectivity index is 2.26. The Bertz CT molecular complexity index is 1040. The van der Waals surface area contributed by atoms with Crippen LogP contribution >= 0.6 is 0 Å². The van der Waals surface area contributed by atoms with E-state index < -0.39 is 75.3 Å². The molecule has 8 unspecified atom stereocenters. The fourth-order valence-corrected chi connectivity index (χ4v) is 7.84. The van der Waals surface area contributed by atoms with E-state index >= 15 is 0 Å². The highest BCUT2D eigenvalue weighted by Crippen LogP contribution is 2.70. The molecule has 9 heteroatoms. The summed E-state index contributed by atoms with van der Waals surface area (Å²) in [5, 5.41) is 11.7. The van der Waals surface area contributed by atoms with Crippen molar-refractivity contribution in [3.63, 3.8) is 0 Å². The van der Waals surface area contributed by atoms with Gasteiger partial charge in [-0.05, 0) is 44.9 Å². The van der Waals surface area contributed by atoms with Crippen molar-refractivity contribution >= 4 is 29.5 Å². The average Bonchev–Trinajstić information content (AvgIpc) is 2.81. The van der Waals surface area contributed by atoms with Gasteiger partial charge in [0.05, 0.1) is 25.0 Å². The van der Waals surface area contributed by atoms with Gasteiger partial charge in [0, 0.05) is 23.2 Å². The number of methoxy groups -OCH3 is 1. The number of hydrogen-bond donors (Lipinski definition) is 1. The predicted octanol–water partition coefficient (Wildman–Crippen LogP) is 2.81. The molecule has 3 saturated carbocycles. The van der Waals surface area contributed by atoms with Crippen LogP contribution in [-0.2, 0) is 38.2 Å². The first-order valence-corrected chi connectivity index (χ1v) is 12.9.